The highest BCUT2D eigenvalue weighted by Crippen LogP contribution is 2.17. The fourth-order valence-corrected chi connectivity index (χ4v) is 8.13. The van der Waals surface area contributed by atoms with E-state index in [1.165, 1.54) is 199 Å². The van der Waals surface area contributed by atoms with Crippen LogP contribution in [-0.2, 0) is 28.6 Å². The minimum Gasteiger partial charge on any atom is -0.462 e. The third kappa shape index (κ3) is 49.0. The maximum atomic E-state index is 12.8. The molecule has 0 N–H and O–H groups in total. The molecule has 0 heterocycles. The first-order valence-electron chi connectivity index (χ1n) is 27.2. The normalized spacial score (nSPS) is 12.0. The van der Waals surface area contributed by atoms with E-state index in [-0.39, 0.29) is 31.1 Å². The van der Waals surface area contributed by atoms with E-state index in [0.717, 1.165) is 64.2 Å². The van der Waals surface area contributed by atoms with Crippen molar-refractivity contribution in [2.24, 2.45) is 0 Å². The van der Waals surface area contributed by atoms with Crippen molar-refractivity contribution in [3.8, 4) is 0 Å². The first-order chi connectivity index (χ1) is 30.0. The van der Waals surface area contributed by atoms with Crippen molar-refractivity contribution in [3.63, 3.8) is 0 Å². The van der Waals surface area contributed by atoms with Crippen LogP contribution in [0.15, 0.2) is 12.2 Å². The van der Waals surface area contributed by atoms with Crippen LogP contribution in [0, 0.1) is 0 Å². The predicted molar refractivity (Wildman–Crippen MR) is 261 cm³/mol. The molecule has 0 amide bonds. The van der Waals surface area contributed by atoms with Gasteiger partial charge < -0.3 is 14.2 Å². The van der Waals surface area contributed by atoms with Gasteiger partial charge >= 0.3 is 17.9 Å². The molecular formula is C55H104O6. The van der Waals surface area contributed by atoms with Gasteiger partial charge in [-0.3, -0.25) is 14.4 Å². The molecule has 6 nitrogen and oxygen atoms in total. The number of rotatable bonds is 50. The van der Waals surface area contributed by atoms with Crippen molar-refractivity contribution in [2.75, 3.05) is 13.2 Å². The van der Waals surface area contributed by atoms with Gasteiger partial charge in [0.2, 0.25) is 0 Å². The molecule has 1 atom stereocenters. The molecule has 0 fully saturated rings. The number of unbranched alkanes of at least 4 members (excludes halogenated alkanes) is 37. The number of carbonyl (C=O) groups is 3. The molecule has 0 aliphatic carbocycles. The fourth-order valence-electron chi connectivity index (χ4n) is 8.13. The number of hydrogen-bond donors (Lipinski definition) is 0. The Hall–Kier alpha value is -1.85. The van der Waals surface area contributed by atoms with Crippen molar-refractivity contribution < 1.29 is 28.6 Å². The third-order valence-corrected chi connectivity index (χ3v) is 12.3. The van der Waals surface area contributed by atoms with Crippen LogP contribution in [0.5, 0.6) is 0 Å². The maximum Gasteiger partial charge on any atom is 0.306 e. The van der Waals surface area contributed by atoms with Crippen molar-refractivity contribution in [3.05, 3.63) is 12.2 Å². The largest absolute Gasteiger partial charge is 0.462 e. The summed E-state index contributed by atoms with van der Waals surface area (Å²) < 4.78 is 16.8. The predicted octanol–water partition coefficient (Wildman–Crippen LogP) is 17.8. The molecule has 0 radical (unpaired) electrons. The van der Waals surface area contributed by atoms with E-state index in [1.54, 1.807) is 0 Å². The molecular weight excluding hydrogens is 757 g/mol. The first kappa shape index (κ1) is 59.1. The van der Waals surface area contributed by atoms with E-state index in [4.69, 9.17) is 14.2 Å². The summed E-state index contributed by atoms with van der Waals surface area (Å²) in [7, 11) is 0. The second kappa shape index (κ2) is 50.8. The van der Waals surface area contributed by atoms with Crippen LogP contribution >= 0.6 is 0 Å². The van der Waals surface area contributed by atoms with Gasteiger partial charge in [0.1, 0.15) is 13.2 Å². The molecule has 360 valence electrons. The fraction of sp³-hybridized carbons (Fsp3) is 0.909. The highest BCUT2D eigenvalue weighted by Gasteiger charge is 2.19. The summed E-state index contributed by atoms with van der Waals surface area (Å²) in [6, 6.07) is 0. The Morgan fingerprint density at radius 2 is 0.557 bits per heavy atom. The molecule has 0 aromatic heterocycles. The lowest BCUT2D eigenvalue weighted by Crippen LogP contribution is -2.30. The number of carbonyl (C=O) groups excluding carboxylic acids is 3. The SMILES string of the molecule is CCCC/C=C\CCCCCCCC(=O)OC[C@H](COC(=O)CCCCCCCCCCCCCCCCCC)OC(=O)CCCCCCCCCCCCCCCCCC. The van der Waals surface area contributed by atoms with Crippen molar-refractivity contribution in [1.29, 1.82) is 0 Å². The molecule has 0 saturated carbocycles. The average molecular weight is 861 g/mol. The smallest absolute Gasteiger partial charge is 0.306 e. The van der Waals surface area contributed by atoms with Gasteiger partial charge in [0.15, 0.2) is 6.10 Å². The van der Waals surface area contributed by atoms with Crippen LogP contribution in [0.25, 0.3) is 0 Å². The van der Waals surface area contributed by atoms with Gasteiger partial charge in [-0.25, -0.2) is 0 Å². The molecule has 0 bridgehead atoms. The van der Waals surface area contributed by atoms with Crippen LogP contribution in [0.2, 0.25) is 0 Å². The lowest BCUT2D eigenvalue weighted by Gasteiger charge is -2.18. The van der Waals surface area contributed by atoms with Gasteiger partial charge in [-0.1, -0.05) is 258 Å². The minimum absolute atomic E-state index is 0.0669. The number of allylic oxidation sites excluding steroid dienone is 2. The quantitative estimate of drug-likeness (QED) is 0.0262. The summed E-state index contributed by atoms with van der Waals surface area (Å²) in [5.74, 6) is -0.857. The molecule has 0 aliphatic rings. The van der Waals surface area contributed by atoms with E-state index in [2.05, 4.69) is 32.9 Å². The number of hydrogen-bond acceptors (Lipinski definition) is 6. The standard InChI is InChI=1S/C55H104O6/c1-4-7-10-13-16-19-22-24-26-28-30-33-36-39-42-45-48-54(57)60-51-52(50-59-53(56)47-44-41-38-35-32-21-18-15-12-9-6-3)61-55(58)49-46-43-40-37-34-31-29-27-25-23-20-17-14-11-8-5-2/h15,18,52H,4-14,16-17,19-51H2,1-3H3/b18-15-/t52-/m1/s1. The van der Waals surface area contributed by atoms with Crippen molar-refractivity contribution in [2.45, 2.75) is 309 Å². The van der Waals surface area contributed by atoms with E-state index >= 15 is 0 Å². The summed E-state index contributed by atoms with van der Waals surface area (Å²) >= 11 is 0. The van der Waals surface area contributed by atoms with E-state index < -0.39 is 6.10 Å². The lowest BCUT2D eigenvalue weighted by molar-refractivity contribution is -0.167. The Morgan fingerprint density at radius 1 is 0.311 bits per heavy atom. The summed E-state index contributed by atoms with van der Waals surface area (Å²) in [6.45, 7) is 6.64. The van der Waals surface area contributed by atoms with E-state index in [9.17, 15) is 14.4 Å². The Morgan fingerprint density at radius 3 is 0.869 bits per heavy atom. The van der Waals surface area contributed by atoms with Crippen molar-refractivity contribution >= 4 is 17.9 Å². The molecule has 0 aliphatic heterocycles. The second-order valence-electron chi connectivity index (χ2n) is 18.5. The van der Waals surface area contributed by atoms with E-state index in [0.29, 0.717) is 19.3 Å². The van der Waals surface area contributed by atoms with Crippen LogP contribution in [0.3, 0.4) is 0 Å². The summed E-state index contributed by atoms with van der Waals surface area (Å²) in [5, 5.41) is 0. The van der Waals surface area contributed by atoms with Crippen LogP contribution < -0.4 is 0 Å². The molecule has 0 unspecified atom stereocenters. The molecule has 61 heavy (non-hydrogen) atoms. The molecule has 0 rings (SSSR count). The summed E-state index contributed by atoms with van der Waals surface area (Å²) in [4.78, 5) is 38.0. The number of ether oxygens (including phenoxy) is 3. The van der Waals surface area contributed by atoms with Gasteiger partial charge in [0, 0.05) is 19.3 Å². The monoisotopic (exact) mass is 861 g/mol. The molecule has 0 saturated heterocycles. The maximum absolute atomic E-state index is 12.8. The zero-order valence-electron chi connectivity index (χ0n) is 41.2. The van der Waals surface area contributed by atoms with Gasteiger partial charge in [0.05, 0.1) is 0 Å². The zero-order valence-corrected chi connectivity index (χ0v) is 41.2. The topological polar surface area (TPSA) is 78.9 Å². The Balaban J connectivity index is 4.29. The second-order valence-corrected chi connectivity index (χ2v) is 18.5. The van der Waals surface area contributed by atoms with Gasteiger partial charge in [-0.2, -0.15) is 0 Å². The van der Waals surface area contributed by atoms with Crippen LogP contribution in [0.1, 0.15) is 303 Å². The van der Waals surface area contributed by atoms with Crippen LogP contribution in [-0.4, -0.2) is 37.2 Å². The molecule has 0 aromatic rings. The van der Waals surface area contributed by atoms with E-state index in [1.807, 2.05) is 0 Å². The Kier molecular flexibility index (Phi) is 49.3. The summed E-state index contributed by atoms with van der Waals surface area (Å²) in [5.41, 5.74) is 0. The zero-order chi connectivity index (χ0) is 44.4. The highest BCUT2D eigenvalue weighted by molar-refractivity contribution is 5.71. The van der Waals surface area contributed by atoms with Gasteiger partial charge in [0.25, 0.3) is 0 Å². The first-order valence-corrected chi connectivity index (χ1v) is 27.2. The summed E-state index contributed by atoms with van der Waals surface area (Å²) in [6.07, 6.45) is 56.2. The molecule has 6 heteroatoms. The Labute approximate surface area is 380 Å². The van der Waals surface area contributed by atoms with Gasteiger partial charge in [-0.15, -0.1) is 0 Å². The molecule has 0 spiro atoms. The number of esters is 3. The third-order valence-electron chi connectivity index (χ3n) is 12.3. The minimum atomic E-state index is -0.766. The average Bonchev–Trinajstić information content (AvgIpc) is 3.26. The van der Waals surface area contributed by atoms with Gasteiger partial charge in [-0.05, 0) is 38.5 Å². The highest BCUT2D eigenvalue weighted by atomic mass is 16.6. The van der Waals surface area contributed by atoms with Crippen molar-refractivity contribution in [1.82, 2.24) is 0 Å². The Bertz CT molecular complexity index is 947. The van der Waals surface area contributed by atoms with Crippen LogP contribution in [0.4, 0.5) is 0 Å². The molecule has 0 aromatic carbocycles. The lowest BCUT2D eigenvalue weighted by atomic mass is 10.0.